The number of primary amides is 1. The van der Waals surface area contributed by atoms with Crippen molar-refractivity contribution >= 4 is 28.6 Å². The number of hydrogen-bond donors (Lipinski definition) is 3. The molecule has 0 aliphatic heterocycles. The number of urea groups is 1. The standard InChI is InChI=1S/C23H19N3O3/c24-23(28)26-22(27)21(16-6-2-1-3-7-16)25-18-12-10-15(11-13-18)20-14-17-8-4-5-9-19(17)29-20/h1-14,21,25H,(H3,24,26,27,28). The van der Waals surface area contributed by atoms with Crippen molar-refractivity contribution < 1.29 is 14.0 Å². The van der Waals surface area contributed by atoms with Gasteiger partial charge in [-0.15, -0.1) is 0 Å². The summed E-state index contributed by atoms with van der Waals surface area (Å²) in [7, 11) is 0. The summed E-state index contributed by atoms with van der Waals surface area (Å²) in [4.78, 5) is 23.6. The fraction of sp³-hybridized carbons (Fsp3) is 0.0435. The molecule has 4 rings (SSSR count). The lowest BCUT2D eigenvalue weighted by molar-refractivity contribution is -0.120. The van der Waals surface area contributed by atoms with Crippen molar-refractivity contribution in [1.82, 2.24) is 5.32 Å². The SMILES string of the molecule is NC(=O)NC(=O)C(Nc1ccc(-c2cc3ccccc3o2)cc1)c1ccccc1. The fourth-order valence-electron chi connectivity index (χ4n) is 3.16. The van der Waals surface area contributed by atoms with E-state index in [9.17, 15) is 9.59 Å². The first kappa shape index (κ1) is 18.3. The number of rotatable bonds is 5. The Morgan fingerprint density at radius 2 is 1.55 bits per heavy atom. The molecule has 1 aromatic heterocycles. The number of carbonyl (C=O) groups is 2. The molecule has 0 spiro atoms. The quantitative estimate of drug-likeness (QED) is 0.473. The van der Waals surface area contributed by atoms with Crippen LogP contribution in [0, 0.1) is 0 Å². The second kappa shape index (κ2) is 7.90. The number of imide groups is 1. The molecule has 0 radical (unpaired) electrons. The van der Waals surface area contributed by atoms with E-state index in [4.69, 9.17) is 10.2 Å². The maximum Gasteiger partial charge on any atom is 0.318 e. The minimum Gasteiger partial charge on any atom is -0.456 e. The molecule has 0 bridgehead atoms. The third-order valence-corrected chi connectivity index (χ3v) is 4.55. The molecule has 0 aliphatic carbocycles. The second-order valence-corrected chi connectivity index (χ2v) is 6.57. The summed E-state index contributed by atoms with van der Waals surface area (Å²) >= 11 is 0. The van der Waals surface area contributed by atoms with E-state index < -0.39 is 18.0 Å². The van der Waals surface area contributed by atoms with Crippen LogP contribution >= 0.6 is 0 Å². The Labute approximate surface area is 167 Å². The summed E-state index contributed by atoms with van der Waals surface area (Å²) < 4.78 is 5.89. The predicted molar refractivity (Wildman–Crippen MR) is 112 cm³/mol. The smallest absolute Gasteiger partial charge is 0.318 e. The molecule has 0 aliphatic rings. The summed E-state index contributed by atoms with van der Waals surface area (Å²) in [5, 5.41) is 6.33. The normalized spacial score (nSPS) is 11.7. The van der Waals surface area contributed by atoms with Crippen molar-refractivity contribution in [2.75, 3.05) is 5.32 Å². The van der Waals surface area contributed by atoms with E-state index in [-0.39, 0.29) is 0 Å². The van der Waals surface area contributed by atoms with Gasteiger partial charge in [0.2, 0.25) is 0 Å². The van der Waals surface area contributed by atoms with Crippen molar-refractivity contribution in [3.63, 3.8) is 0 Å². The van der Waals surface area contributed by atoms with Gasteiger partial charge in [0.15, 0.2) is 0 Å². The second-order valence-electron chi connectivity index (χ2n) is 6.57. The van der Waals surface area contributed by atoms with Crippen LogP contribution < -0.4 is 16.4 Å². The Balaban J connectivity index is 1.58. The highest BCUT2D eigenvalue weighted by Gasteiger charge is 2.21. The highest BCUT2D eigenvalue weighted by molar-refractivity contribution is 5.98. The van der Waals surface area contributed by atoms with Crippen molar-refractivity contribution in [2.24, 2.45) is 5.73 Å². The van der Waals surface area contributed by atoms with Crippen molar-refractivity contribution in [1.29, 1.82) is 0 Å². The monoisotopic (exact) mass is 385 g/mol. The number of anilines is 1. The van der Waals surface area contributed by atoms with E-state index in [1.807, 2.05) is 72.8 Å². The third kappa shape index (κ3) is 4.11. The van der Waals surface area contributed by atoms with Gasteiger partial charge in [-0.2, -0.15) is 0 Å². The molecule has 1 heterocycles. The third-order valence-electron chi connectivity index (χ3n) is 4.55. The lowest BCUT2D eigenvalue weighted by atomic mass is 10.1. The van der Waals surface area contributed by atoms with Crippen LogP contribution in [0.25, 0.3) is 22.3 Å². The summed E-state index contributed by atoms with van der Waals surface area (Å²) in [6.45, 7) is 0. The van der Waals surface area contributed by atoms with Crippen LogP contribution in [-0.4, -0.2) is 11.9 Å². The fourth-order valence-corrected chi connectivity index (χ4v) is 3.16. The van der Waals surface area contributed by atoms with Crippen LogP contribution in [0.2, 0.25) is 0 Å². The van der Waals surface area contributed by atoms with Gasteiger partial charge in [-0.25, -0.2) is 4.79 Å². The first-order valence-electron chi connectivity index (χ1n) is 9.11. The van der Waals surface area contributed by atoms with E-state index in [0.29, 0.717) is 5.56 Å². The summed E-state index contributed by atoms with van der Waals surface area (Å²) in [6, 6.07) is 24.8. The van der Waals surface area contributed by atoms with Gasteiger partial charge in [-0.05, 0) is 42.0 Å². The van der Waals surface area contributed by atoms with Crippen LogP contribution in [0.3, 0.4) is 0 Å². The van der Waals surface area contributed by atoms with Gasteiger partial charge in [0, 0.05) is 16.6 Å². The zero-order chi connectivity index (χ0) is 20.2. The zero-order valence-electron chi connectivity index (χ0n) is 15.5. The van der Waals surface area contributed by atoms with Gasteiger partial charge < -0.3 is 15.5 Å². The maximum atomic E-state index is 12.5. The van der Waals surface area contributed by atoms with E-state index in [1.54, 1.807) is 12.1 Å². The first-order valence-corrected chi connectivity index (χ1v) is 9.11. The average Bonchev–Trinajstić information content (AvgIpc) is 3.17. The van der Waals surface area contributed by atoms with Crippen LogP contribution in [-0.2, 0) is 4.79 Å². The molecule has 6 heteroatoms. The van der Waals surface area contributed by atoms with E-state index in [0.717, 1.165) is 28.0 Å². The van der Waals surface area contributed by atoms with Gasteiger partial charge >= 0.3 is 6.03 Å². The summed E-state index contributed by atoms with van der Waals surface area (Å²) in [5.41, 5.74) is 8.30. The molecule has 0 saturated carbocycles. The molecule has 0 fully saturated rings. The highest BCUT2D eigenvalue weighted by Crippen LogP contribution is 2.29. The highest BCUT2D eigenvalue weighted by atomic mass is 16.3. The lowest BCUT2D eigenvalue weighted by Crippen LogP contribution is -2.40. The van der Waals surface area contributed by atoms with Crippen LogP contribution in [0.4, 0.5) is 10.5 Å². The number of hydrogen-bond acceptors (Lipinski definition) is 4. The number of fused-ring (bicyclic) bond motifs is 1. The average molecular weight is 385 g/mol. The van der Waals surface area contributed by atoms with Crippen LogP contribution in [0.5, 0.6) is 0 Å². The van der Waals surface area contributed by atoms with Gasteiger partial charge in [-0.1, -0.05) is 48.5 Å². The number of furan rings is 1. The Hall–Kier alpha value is -4.06. The van der Waals surface area contributed by atoms with E-state index >= 15 is 0 Å². The Morgan fingerprint density at radius 1 is 0.862 bits per heavy atom. The number of amides is 3. The molecular weight excluding hydrogens is 366 g/mol. The molecule has 4 N–H and O–H groups in total. The molecule has 6 nitrogen and oxygen atoms in total. The Morgan fingerprint density at radius 3 is 2.24 bits per heavy atom. The van der Waals surface area contributed by atoms with Crippen LogP contribution in [0.15, 0.2) is 89.3 Å². The molecule has 0 saturated heterocycles. The molecule has 4 aromatic rings. The van der Waals surface area contributed by atoms with E-state index in [1.165, 1.54) is 0 Å². The topological polar surface area (TPSA) is 97.4 Å². The largest absolute Gasteiger partial charge is 0.456 e. The van der Waals surface area contributed by atoms with Gasteiger partial charge in [0.1, 0.15) is 17.4 Å². The minimum atomic E-state index is -0.891. The number of para-hydroxylation sites is 1. The van der Waals surface area contributed by atoms with Gasteiger partial charge in [-0.3, -0.25) is 10.1 Å². The summed E-state index contributed by atoms with van der Waals surface area (Å²) in [6.07, 6.45) is 0. The van der Waals surface area contributed by atoms with Crippen molar-refractivity contribution in [3.05, 3.63) is 90.5 Å². The van der Waals surface area contributed by atoms with Crippen molar-refractivity contribution in [3.8, 4) is 11.3 Å². The van der Waals surface area contributed by atoms with Gasteiger partial charge in [0.25, 0.3) is 5.91 Å². The van der Waals surface area contributed by atoms with Crippen molar-refractivity contribution in [2.45, 2.75) is 6.04 Å². The first-order chi connectivity index (χ1) is 14.1. The summed E-state index contributed by atoms with van der Waals surface area (Å²) in [5.74, 6) is 0.244. The van der Waals surface area contributed by atoms with E-state index in [2.05, 4.69) is 10.6 Å². The molecular formula is C23H19N3O3. The maximum absolute atomic E-state index is 12.5. The molecule has 1 atom stereocenters. The zero-order valence-corrected chi connectivity index (χ0v) is 15.5. The number of nitrogens with one attached hydrogen (secondary N) is 2. The molecule has 1 unspecified atom stereocenters. The molecule has 29 heavy (non-hydrogen) atoms. The number of benzene rings is 3. The Bertz CT molecular complexity index is 1120. The lowest BCUT2D eigenvalue weighted by Gasteiger charge is -2.19. The molecule has 3 amide bonds. The van der Waals surface area contributed by atoms with Gasteiger partial charge in [0.05, 0.1) is 0 Å². The molecule has 144 valence electrons. The Kier molecular flexibility index (Phi) is 4.99. The minimum absolute atomic E-state index is 0.523. The predicted octanol–water partition coefficient (Wildman–Crippen LogP) is 4.45. The number of nitrogens with two attached hydrogens (primary N) is 1. The molecule has 3 aromatic carbocycles. The van der Waals surface area contributed by atoms with Crippen LogP contribution in [0.1, 0.15) is 11.6 Å². The number of carbonyl (C=O) groups excluding carboxylic acids is 2.